The lowest BCUT2D eigenvalue weighted by Gasteiger charge is -2.41. The fourth-order valence-electron chi connectivity index (χ4n) is 4.95. The molecule has 1 unspecified atom stereocenters. The molecular formula is C31H37F3N4O2. The molecule has 1 fully saturated rings. The lowest BCUT2D eigenvalue weighted by molar-refractivity contribution is -0.180. The molecule has 2 N–H and O–H groups in total. The number of nitrogens with two attached hydrogens (primary N) is 1. The standard InChI is InChI=1S/C31H37F3N4O2/c1-30(2,31(32,33)34)27-9-7-26(8-10-27)25-5-3-23(4-6-25)20-37-16-17-38(21-24-11-14-36-15-12-24)28(22-37)19-29(39)40-18-13-35/h3-12,14-15,28H,13,16-22,35H2,1-2H3. The van der Waals surface area contributed by atoms with Gasteiger partial charge in [-0.1, -0.05) is 48.5 Å². The predicted molar refractivity (Wildman–Crippen MR) is 149 cm³/mol. The van der Waals surface area contributed by atoms with Gasteiger partial charge in [0, 0.05) is 57.7 Å². The number of nitrogens with zero attached hydrogens (tertiary/aromatic N) is 3. The van der Waals surface area contributed by atoms with Gasteiger partial charge in [-0.25, -0.2) is 0 Å². The predicted octanol–water partition coefficient (Wildman–Crippen LogP) is 5.17. The van der Waals surface area contributed by atoms with Crippen molar-refractivity contribution in [1.82, 2.24) is 14.8 Å². The summed E-state index contributed by atoms with van der Waals surface area (Å²) in [6, 6.07) is 18.7. The van der Waals surface area contributed by atoms with Crippen molar-refractivity contribution in [2.75, 3.05) is 32.8 Å². The molecule has 0 radical (unpaired) electrons. The van der Waals surface area contributed by atoms with Crippen LogP contribution in [0, 0.1) is 0 Å². The van der Waals surface area contributed by atoms with E-state index in [0.29, 0.717) is 13.0 Å². The van der Waals surface area contributed by atoms with E-state index in [1.165, 1.54) is 13.8 Å². The van der Waals surface area contributed by atoms with Crippen LogP contribution in [-0.2, 0) is 28.0 Å². The zero-order valence-corrected chi connectivity index (χ0v) is 23.0. The number of hydrogen-bond acceptors (Lipinski definition) is 6. The molecule has 6 nitrogen and oxygen atoms in total. The van der Waals surface area contributed by atoms with Crippen molar-refractivity contribution >= 4 is 5.97 Å². The number of hydrogen-bond donors (Lipinski definition) is 1. The molecular weight excluding hydrogens is 517 g/mol. The van der Waals surface area contributed by atoms with E-state index in [1.54, 1.807) is 36.7 Å². The average molecular weight is 555 g/mol. The SMILES string of the molecule is CC(C)(c1ccc(-c2ccc(CN3CCN(Cc4ccncc4)C(CC(=O)OCCN)C3)cc2)cc1)C(F)(F)F. The molecule has 0 bridgehead atoms. The molecule has 0 spiro atoms. The largest absolute Gasteiger partial charge is 0.464 e. The van der Waals surface area contributed by atoms with Crippen molar-refractivity contribution in [3.8, 4) is 11.1 Å². The summed E-state index contributed by atoms with van der Waals surface area (Å²) in [5, 5.41) is 0. The molecule has 3 aromatic rings. The van der Waals surface area contributed by atoms with Gasteiger partial charge in [-0.2, -0.15) is 13.2 Å². The van der Waals surface area contributed by atoms with Crippen LogP contribution in [0.4, 0.5) is 13.2 Å². The van der Waals surface area contributed by atoms with Crippen molar-refractivity contribution in [2.24, 2.45) is 5.73 Å². The highest BCUT2D eigenvalue weighted by atomic mass is 19.4. The number of piperazine rings is 1. The molecule has 0 saturated carbocycles. The quantitative estimate of drug-likeness (QED) is 0.349. The fraction of sp³-hybridized carbons (Fsp3) is 0.419. The van der Waals surface area contributed by atoms with Gasteiger partial charge in [0.05, 0.1) is 11.8 Å². The molecule has 0 amide bonds. The number of carbonyl (C=O) groups excluding carboxylic acids is 1. The summed E-state index contributed by atoms with van der Waals surface area (Å²) in [5.74, 6) is -0.244. The number of esters is 1. The van der Waals surface area contributed by atoms with Crippen LogP contribution in [0.25, 0.3) is 11.1 Å². The van der Waals surface area contributed by atoms with Crippen LogP contribution in [-0.4, -0.2) is 65.8 Å². The maximum atomic E-state index is 13.4. The highest BCUT2D eigenvalue weighted by Crippen LogP contribution is 2.40. The molecule has 1 aliphatic rings. The number of carbonyl (C=O) groups is 1. The van der Waals surface area contributed by atoms with E-state index in [0.717, 1.165) is 55.0 Å². The molecule has 1 aliphatic heterocycles. The van der Waals surface area contributed by atoms with Crippen molar-refractivity contribution in [2.45, 2.75) is 51.0 Å². The Kier molecular flexibility index (Phi) is 9.60. The Hall–Kier alpha value is -3.27. The molecule has 40 heavy (non-hydrogen) atoms. The Morgan fingerprint density at radius 3 is 2.12 bits per heavy atom. The van der Waals surface area contributed by atoms with E-state index in [4.69, 9.17) is 10.5 Å². The minimum absolute atomic E-state index is 0.00549. The third kappa shape index (κ3) is 7.47. The van der Waals surface area contributed by atoms with Crippen molar-refractivity contribution in [1.29, 1.82) is 0 Å². The molecule has 4 rings (SSSR count). The zero-order chi connectivity index (χ0) is 28.8. The molecule has 2 heterocycles. The maximum Gasteiger partial charge on any atom is 0.397 e. The summed E-state index contributed by atoms with van der Waals surface area (Å²) in [6.45, 7) is 6.78. The third-order valence-electron chi connectivity index (χ3n) is 7.62. The van der Waals surface area contributed by atoms with E-state index in [1.807, 2.05) is 24.3 Å². The summed E-state index contributed by atoms with van der Waals surface area (Å²) in [6.07, 6.45) is -0.471. The van der Waals surface area contributed by atoms with Gasteiger partial charge in [-0.3, -0.25) is 19.6 Å². The molecule has 1 saturated heterocycles. The second-order valence-corrected chi connectivity index (χ2v) is 10.8. The first-order chi connectivity index (χ1) is 19.1. The highest BCUT2D eigenvalue weighted by Gasteiger charge is 2.48. The lowest BCUT2D eigenvalue weighted by atomic mass is 9.83. The number of halogens is 3. The molecule has 2 aromatic carbocycles. The Morgan fingerprint density at radius 1 is 0.925 bits per heavy atom. The Bertz CT molecular complexity index is 1230. The first kappa shape index (κ1) is 29.7. The Balaban J connectivity index is 1.40. The van der Waals surface area contributed by atoms with Gasteiger partial charge in [0.1, 0.15) is 6.61 Å². The monoisotopic (exact) mass is 554 g/mol. The van der Waals surface area contributed by atoms with Crippen LogP contribution in [0.15, 0.2) is 73.1 Å². The van der Waals surface area contributed by atoms with Gasteiger partial charge >= 0.3 is 12.1 Å². The minimum atomic E-state index is -4.32. The van der Waals surface area contributed by atoms with E-state index < -0.39 is 11.6 Å². The summed E-state index contributed by atoms with van der Waals surface area (Å²) in [5.41, 5.74) is 7.92. The van der Waals surface area contributed by atoms with E-state index in [2.05, 4.69) is 26.9 Å². The van der Waals surface area contributed by atoms with E-state index in [-0.39, 0.29) is 24.2 Å². The number of pyridine rings is 1. The van der Waals surface area contributed by atoms with Gasteiger partial charge < -0.3 is 10.5 Å². The van der Waals surface area contributed by atoms with Crippen molar-refractivity contribution < 1.29 is 22.7 Å². The van der Waals surface area contributed by atoms with Crippen LogP contribution in [0.5, 0.6) is 0 Å². The zero-order valence-electron chi connectivity index (χ0n) is 23.0. The maximum absolute atomic E-state index is 13.4. The second kappa shape index (κ2) is 12.9. The molecule has 214 valence electrons. The van der Waals surface area contributed by atoms with Crippen LogP contribution in [0.3, 0.4) is 0 Å². The molecule has 9 heteroatoms. The van der Waals surface area contributed by atoms with Gasteiger partial charge in [0.25, 0.3) is 0 Å². The number of benzene rings is 2. The molecule has 0 aliphatic carbocycles. The van der Waals surface area contributed by atoms with Gasteiger partial charge in [0.2, 0.25) is 0 Å². The normalized spacial score (nSPS) is 17.1. The second-order valence-electron chi connectivity index (χ2n) is 10.8. The summed E-state index contributed by atoms with van der Waals surface area (Å²) < 4.78 is 45.5. The van der Waals surface area contributed by atoms with Gasteiger partial charge in [-0.15, -0.1) is 0 Å². The number of aromatic nitrogens is 1. The number of ether oxygens (including phenoxy) is 1. The van der Waals surface area contributed by atoms with E-state index >= 15 is 0 Å². The van der Waals surface area contributed by atoms with Crippen molar-refractivity contribution in [3.05, 3.63) is 89.7 Å². The molecule has 1 aromatic heterocycles. The van der Waals surface area contributed by atoms with Gasteiger partial charge in [0.15, 0.2) is 0 Å². The molecule has 1 atom stereocenters. The summed E-state index contributed by atoms with van der Waals surface area (Å²) >= 11 is 0. The van der Waals surface area contributed by atoms with E-state index in [9.17, 15) is 18.0 Å². The minimum Gasteiger partial charge on any atom is -0.464 e. The van der Waals surface area contributed by atoms with Crippen LogP contribution in [0.2, 0.25) is 0 Å². The topological polar surface area (TPSA) is 71.7 Å². The van der Waals surface area contributed by atoms with Crippen LogP contribution in [0.1, 0.15) is 37.0 Å². The lowest BCUT2D eigenvalue weighted by Crippen LogP contribution is -2.53. The van der Waals surface area contributed by atoms with Crippen LogP contribution >= 0.6 is 0 Å². The van der Waals surface area contributed by atoms with Gasteiger partial charge in [-0.05, 0) is 53.8 Å². The Morgan fingerprint density at radius 2 is 1.52 bits per heavy atom. The van der Waals surface area contributed by atoms with Crippen LogP contribution < -0.4 is 5.73 Å². The highest BCUT2D eigenvalue weighted by molar-refractivity contribution is 5.70. The third-order valence-corrected chi connectivity index (χ3v) is 7.62. The summed E-state index contributed by atoms with van der Waals surface area (Å²) in [7, 11) is 0. The average Bonchev–Trinajstić information content (AvgIpc) is 2.94. The first-order valence-electron chi connectivity index (χ1n) is 13.5. The number of rotatable bonds is 10. The smallest absolute Gasteiger partial charge is 0.397 e. The van der Waals surface area contributed by atoms with Crippen molar-refractivity contribution in [3.63, 3.8) is 0 Å². The Labute approximate surface area is 233 Å². The summed E-state index contributed by atoms with van der Waals surface area (Å²) in [4.78, 5) is 21.2. The first-order valence-corrected chi connectivity index (χ1v) is 13.5. The number of alkyl halides is 3. The fourth-order valence-corrected chi connectivity index (χ4v) is 4.95.